The molecule has 1 aromatic heterocycles. The van der Waals surface area contributed by atoms with E-state index in [1.165, 1.54) is 42.2 Å². The third-order valence-corrected chi connectivity index (χ3v) is 4.54. The van der Waals surface area contributed by atoms with Gasteiger partial charge in [-0.1, -0.05) is 23.7 Å². The SMILES string of the molecule is C[C@H](Nc1nc(Cl)cc(N2C(=O)OCC2[C@@H](C)O)n1)c1ccc(OC(F)(F)F)cc1. The van der Waals surface area contributed by atoms with Gasteiger partial charge >= 0.3 is 12.5 Å². The number of nitrogens with one attached hydrogen (secondary N) is 1. The standard InChI is InChI=1S/C18H18ClF3N4O4/c1-9(11-3-5-12(6-4-11)30-18(20,21)22)23-16-24-14(19)7-15(25-16)26-13(10(2)27)8-29-17(26)28/h3-7,9-10,13,27H,8H2,1-2H3,(H,23,24,25)/t9-,10+,13?/m0/s1. The Morgan fingerprint density at radius 3 is 2.57 bits per heavy atom. The largest absolute Gasteiger partial charge is 0.573 e. The summed E-state index contributed by atoms with van der Waals surface area (Å²) in [5.74, 6) is -0.104. The van der Waals surface area contributed by atoms with Gasteiger partial charge < -0.3 is 19.9 Å². The third-order valence-electron chi connectivity index (χ3n) is 4.35. The molecule has 1 unspecified atom stereocenters. The fraction of sp³-hybridized carbons (Fsp3) is 0.389. The minimum atomic E-state index is -4.77. The monoisotopic (exact) mass is 446 g/mol. The summed E-state index contributed by atoms with van der Waals surface area (Å²) in [4.78, 5) is 21.6. The number of carbonyl (C=O) groups excluding carboxylic acids is 1. The number of alkyl halides is 3. The highest BCUT2D eigenvalue weighted by Gasteiger charge is 2.38. The van der Waals surface area contributed by atoms with Crippen molar-refractivity contribution in [1.82, 2.24) is 9.97 Å². The molecule has 2 N–H and O–H groups in total. The topological polar surface area (TPSA) is 96.8 Å². The normalized spacial score (nSPS) is 18.7. The van der Waals surface area contributed by atoms with E-state index in [4.69, 9.17) is 16.3 Å². The number of ether oxygens (including phenoxy) is 2. The van der Waals surface area contributed by atoms with Crippen molar-refractivity contribution in [2.45, 2.75) is 38.4 Å². The minimum absolute atomic E-state index is 0.00360. The first-order chi connectivity index (χ1) is 14.0. The Hall–Kier alpha value is -2.79. The Morgan fingerprint density at radius 2 is 1.97 bits per heavy atom. The first kappa shape index (κ1) is 21.9. The molecule has 0 spiro atoms. The van der Waals surface area contributed by atoms with E-state index in [0.717, 1.165) is 0 Å². The van der Waals surface area contributed by atoms with Gasteiger partial charge in [0, 0.05) is 6.07 Å². The smallest absolute Gasteiger partial charge is 0.447 e. The number of hydrogen-bond donors (Lipinski definition) is 2. The fourth-order valence-electron chi connectivity index (χ4n) is 2.88. The van der Waals surface area contributed by atoms with Crippen LogP contribution < -0.4 is 15.0 Å². The molecule has 0 bridgehead atoms. The van der Waals surface area contributed by atoms with Gasteiger partial charge in [-0.2, -0.15) is 4.98 Å². The Labute approximate surface area is 174 Å². The van der Waals surface area contributed by atoms with Crippen LogP contribution in [-0.4, -0.2) is 46.3 Å². The van der Waals surface area contributed by atoms with Crippen LogP contribution in [0.4, 0.5) is 29.7 Å². The summed E-state index contributed by atoms with van der Waals surface area (Å²) in [5.41, 5.74) is 0.636. The number of carbonyl (C=O) groups is 1. The lowest BCUT2D eigenvalue weighted by molar-refractivity contribution is -0.274. The van der Waals surface area contributed by atoms with E-state index in [1.807, 2.05) is 0 Å². The number of amides is 1. The van der Waals surface area contributed by atoms with Crippen LogP contribution in [0.25, 0.3) is 0 Å². The zero-order valence-corrected chi connectivity index (χ0v) is 16.6. The molecule has 3 atom stereocenters. The number of anilines is 2. The predicted molar refractivity (Wildman–Crippen MR) is 102 cm³/mol. The van der Waals surface area contributed by atoms with E-state index < -0.39 is 30.6 Å². The summed E-state index contributed by atoms with van der Waals surface area (Å²) in [6.07, 6.45) is -6.30. The van der Waals surface area contributed by atoms with Crippen molar-refractivity contribution in [2.75, 3.05) is 16.8 Å². The van der Waals surface area contributed by atoms with E-state index in [1.54, 1.807) is 6.92 Å². The van der Waals surface area contributed by atoms with Crippen molar-refractivity contribution >= 4 is 29.5 Å². The molecule has 1 aliphatic heterocycles. The Bertz CT molecular complexity index is 911. The quantitative estimate of drug-likeness (QED) is 0.649. The van der Waals surface area contributed by atoms with E-state index >= 15 is 0 Å². The molecule has 2 aromatic rings. The molecule has 3 rings (SSSR count). The van der Waals surface area contributed by atoms with Crippen LogP contribution in [-0.2, 0) is 4.74 Å². The molecule has 12 heteroatoms. The molecular formula is C18H18ClF3N4O4. The molecule has 8 nitrogen and oxygen atoms in total. The number of cyclic esters (lactones) is 1. The van der Waals surface area contributed by atoms with Crippen LogP contribution in [0, 0.1) is 0 Å². The molecule has 162 valence electrons. The average molecular weight is 447 g/mol. The highest BCUT2D eigenvalue weighted by Crippen LogP contribution is 2.28. The highest BCUT2D eigenvalue weighted by atomic mass is 35.5. The maximum atomic E-state index is 12.3. The maximum Gasteiger partial charge on any atom is 0.573 e. The number of halogens is 4. The Morgan fingerprint density at radius 1 is 1.30 bits per heavy atom. The number of aliphatic hydroxyl groups is 1. The summed E-state index contributed by atoms with van der Waals surface area (Å²) < 4.78 is 45.7. The molecule has 1 amide bonds. The zero-order valence-electron chi connectivity index (χ0n) is 15.9. The first-order valence-corrected chi connectivity index (χ1v) is 9.22. The Balaban J connectivity index is 1.77. The van der Waals surface area contributed by atoms with Crippen molar-refractivity contribution in [1.29, 1.82) is 0 Å². The second-order valence-corrected chi connectivity index (χ2v) is 7.00. The summed E-state index contributed by atoms with van der Waals surface area (Å²) in [6, 6.07) is 5.64. The van der Waals surface area contributed by atoms with Crippen molar-refractivity contribution in [2.24, 2.45) is 0 Å². The van der Waals surface area contributed by atoms with Gasteiger partial charge in [-0.05, 0) is 31.5 Å². The van der Waals surface area contributed by atoms with Crippen molar-refractivity contribution in [3.05, 3.63) is 41.0 Å². The van der Waals surface area contributed by atoms with E-state index in [0.29, 0.717) is 5.56 Å². The summed E-state index contributed by atoms with van der Waals surface area (Å²) in [5, 5.41) is 12.9. The lowest BCUT2D eigenvalue weighted by Crippen LogP contribution is -2.41. The molecule has 1 fully saturated rings. The number of benzene rings is 1. The number of aromatic nitrogens is 2. The lowest BCUT2D eigenvalue weighted by atomic mass is 10.1. The maximum absolute atomic E-state index is 12.3. The second kappa shape index (κ2) is 8.52. The van der Waals surface area contributed by atoms with E-state index in [2.05, 4.69) is 20.0 Å². The lowest BCUT2D eigenvalue weighted by Gasteiger charge is -2.23. The van der Waals surface area contributed by atoms with Crippen molar-refractivity contribution < 1.29 is 32.5 Å². The van der Waals surface area contributed by atoms with Gasteiger partial charge in [0.2, 0.25) is 5.95 Å². The number of nitrogens with zero attached hydrogens (tertiary/aromatic N) is 3. The van der Waals surface area contributed by atoms with Gasteiger partial charge in [0.1, 0.15) is 29.4 Å². The molecule has 0 radical (unpaired) electrons. The van der Waals surface area contributed by atoms with Crippen LogP contribution in [0.1, 0.15) is 25.5 Å². The predicted octanol–water partition coefficient (Wildman–Crippen LogP) is 3.91. The molecular weight excluding hydrogens is 429 g/mol. The van der Waals surface area contributed by atoms with Gasteiger partial charge in [-0.25, -0.2) is 9.78 Å². The number of aliphatic hydroxyl groups excluding tert-OH is 1. The summed E-state index contributed by atoms with van der Waals surface area (Å²) >= 11 is 6.06. The number of hydrogen-bond acceptors (Lipinski definition) is 7. The van der Waals surface area contributed by atoms with Crippen LogP contribution in [0.3, 0.4) is 0 Å². The van der Waals surface area contributed by atoms with Gasteiger partial charge in [-0.15, -0.1) is 13.2 Å². The average Bonchev–Trinajstić information content (AvgIpc) is 3.02. The molecule has 0 aliphatic carbocycles. The van der Waals surface area contributed by atoms with Crippen LogP contribution in [0.15, 0.2) is 30.3 Å². The summed E-state index contributed by atoms with van der Waals surface area (Å²) in [7, 11) is 0. The minimum Gasteiger partial charge on any atom is -0.447 e. The Kier molecular flexibility index (Phi) is 6.22. The first-order valence-electron chi connectivity index (χ1n) is 8.84. The van der Waals surface area contributed by atoms with Crippen LogP contribution >= 0.6 is 11.6 Å². The molecule has 1 aromatic carbocycles. The molecule has 0 saturated carbocycles. The fourth-order valence-corrected chi connectivity index (χ4v) is 3.06. The third kappa shape index (κ3) is 5.22. The molecule has 30 heavy (non-hydrogen) atoms. The summed E-state index contributed by atoms with van der Waals surface area (Å²) in [6.45, 7) is 3.27. The van der Waals surface area contributed by atoms with Gasteiger partial charge in [0.25, 0.3) is 0 Å². The van der Waals surface area contributed by atoms with E-state index in [-0.39, 0.29) is 29.3 Å². The van der Waals surface area contributed by atoms with Gasteiger partial charge in [-0.3, -0.25) is 4.90 Å². The highest BCUT2D eigenvalue weighted by molar-refractivity contribution is 6.29. The van der Waals surface area contributed by atoms with Gasteiger partial charge in [0.15, 0.2) is 0 Å². The van der Waals surface area contributed by atoms with Crippen molar-refractivity contribution in [3.8, 4) is 5.75 Å². The van der Waals surface area contributed by atoms with E-state index in [9.17, 15) is 23.1 Å². The zero-order chi connectivity index (χ0) is 22.1. The van der Waals surface area contributed by atoms with Gasteiger partial charge in [0.05, 0.1) is 12.1 Å². The van der Waals surface area contributed by atoms with Crippen LogP contribution in [0.5, 0.6) is 5.75 Å². The van der Waals surface area contributed by atoms with Crippen molar-refractivity contribution in [3.63, 3.8) is 0 Å². The molecule has 1 aliphatic rings. The molecule has 2 heterocycles. The number of rotatable bonds is 6. The second-order valence-electron chi connectivity index (χ2n) is 6.61. The van der Waals surface area contributed by atoms with Crippen LogP contribution in [0.2, 0.25) is 5.15 Å². The molecule has 1 saturated heterocycles.